The lowest BCUT2D eigenvalue weighted by molar-refractivity contribution is 0.0251. The second-order valence-electron chi connectivity index (χ2n) is 4.50. The highest BCUT2D eigenvalue weighted by Crippen LogP contribution is 2.29. The fourth-order valence-electron chi connectivity index (χ4n) is 2.07. The van der Waals surface area contributed by atoms with Gasteiger partial charge in [-0.1, -0.05) is 11.6 Å². The first-order valence-corrected chi connectivity index (χ1v) is 6.62. The first-order valence-electron chi connectivity index (χ1n) is 6.24. The Kier molecular flexibility index (Phi) is 4.66. The molecule has 0 radical (unpaired) electrons. The maximum absolute atomic E-state index is 11.7. The van der Waals surface area contributed by atoms with Gasteiger partial charge in [0.25, 0.3) is 0 Å². The second-order valence-corrected chi connectivity index (χ2v) is 4.93. The molecule has 0 saturated carbocycles. The highest BCUT2D eigenvalue weighted by atomic mass is 35.5. The number of halogens is 1. The summed E-state index contributed by atoms with van der Waals surface area (Å²) in [5.41, 5.74) is 1.19. The Morgan fingerprint density at radius 1 is 1.37 bits per heavy atom. The van der Waals surface area contributed by atoms with E-state index in [0.29, 0.717) is 29.5 Å². The molecule has 2 rings (SSSR count). The summed E-state index contributed by atoms with van der Waals surface area (Å²) in [5, 5.41) is 0.466. The SMILES string of the molecule is COC(=O)c1cc(Cl)cc(OC2CCOCC2)c1C. The molecule has 1 aliphatic rings. The molecule has 4 nitrogen and oxygen atoms in total. The van der Waals surface area contributed by atoms with E-state index in [0.717, 1.165) is 18.4 Å². The Hall–Kier alpha value is -1.26. The molecule has 104 valence electrons. The van der Waals surface area contributed by atoms with Crippen molar-refractivity contribution < 1.29 is 19.0 Å². The molecule has 1 saturated heterocycles. The van der Waals surface area contributed by atoms with E-state index >= 15 is 0 Å². The summed E-state index contributed by atoms with van der Waals surface area (Å²) in [7, 11) is 1.35. The Morgan fingerprint density at radius 3 is 2.68 bits per heavy atom. The molecule has 0 unspecified atom stereocenters. The number of ether oxygens (including phenoxy) is 3. The Bertz CT molecular complexity index is 467. The quantitative estimate of drug-likeness (QED) is 0.801. The van der Waals surface area contributed by atoms with Crippen LogP contribution < -0.4 is 4.74 Å². The largest absolute Gasteiger partial charge is 0.490 e. The zero-order valence-electron chi connectivity index (χ0n) is 11.1. The predicted octanol–water partition coefficient (Wildman–Crippen LogP) is 2.99. The van der Waals surface area contributed by atoms with Crippen LogP contribution in [0.25, 0.3) is 0 Å². The van der Waals surface area contributed by atoms with Crippen molar-refractivity contribution in [2.24, 2.45) is 0 Å². The van der Waals surface area contributed by atoms with Gasteiger partial charge in [0.15, 0.2) is 0 Å². The molecule has 0 bridgehead atoms. The molecule has 1 heterocycles. The van der Waals surface area contributed by atoms with Gasteiger partial charge in [0, 0.05) is 23.4 Å². The lowest BCUT2D eigenvalue weighted by atomic mass is 10.1. The van der Waals surface area contributed by atoms with Crippen molar-refractivity contribution in [3.63, 3.8) is 0 Å². The highest BCUT2D eigenvalue weighted by Gasteiger charge is 2.19. The zero-order valence-corrected chi connectivity index (χ0v) is 11.8. The molecule has 1 aromatic carbocycles. The molecule has 19 heavy (non-hydrogen) atoms. The summed E-state index contributed by atoms with van der Waals surface area (Å²) in [5.74, 6) is 0.233. The highest BCUT2D eigenvalue weighted by molar-refractivity contribution is 6.31. The van der Waals surface area contributed by atoms with E-state index < -0.39 is 5.97 Å². The van der Waals surface area contributed by atoms with E-state index in [9.17, 15) is 4.79 Å². The number of carbonyl (C=O) groups excluding carboxylic acids is 1. The van der Waals surface area contributed by atoms with Gasteiger partial charge in [-0.2, -0.15) is 0 Å². The molecular formula is C14H17ClO4. The number of hydrogen-bond donors (Lipinski definition) is 0. The van der Waals surface area contributed by atoms with E-state index in [1.165, 1.54) is 7.11 Å². The first-order chi connectivity index (χ1) is 9.11. The molecule has 0 atom stereocenters. The molecular weight excluding hydrogens is 268 g/mol. The average Bonchev–Trinajstić information content (AvgIpc) is 2.42. The van der Waals surface area contributed by atoms with E-state index in [2.05, 4.69) is 0 Å². The Labute approximate surface area is 117 Å². The maximum atomic E-state index is 11.7. The molecule has 0 amide bonds. The van der Waals surface area contributed by atoms with Crippen LogP contribution in [-0.4, -0.2) is 32.4 Å². The molecule has 1 aromatic rings. The minimum absolute atomic E-state index is 0.108. The van der Waals surface area contributed by atoms with Crippen molar-refractivity contribution in [3.8, 4) is 5.75 Å². The Balaban J connectivity index is 2.24. The molecule has 0 aromatic heterocycles. The molecule has 0 N–H and O–H groups in total. The summed E-state index contributed by atoms with van der Waals surface area (Å²) in [6.07, 6.45) is 1.80. The first kappa shape index (κ1) is 14.2. The van der Waals surface area contributed by atoms with E-state index in [1.807, 2.05) is 6.92 Å². The van der Waals surface area contributed by atoms with Crippen LogP contribution in [0.2, 0.25) is 5.02 Å². The number of benzene rings is 1. The van der Waals surface area contributed by atoms with Gasteiger partial charge in [-0.15, -0.1) is 0 Å². The van der Waals surface area contributed by atoms with Gasteiger partial charge in [0.1, 0.15) is 11.9 Å². The van der Waals surface area contributed by atoms with Gasteiger partial charge in [0.05, 0.1) is 25.9 Å². The lowest BCUT2D eigenvalue weighted by Crippen LogP contribution is -2.26. The van der Waals surface area contributed by atoms with Gasteiger partial charge in [0.2, 0.25) is 0 Å². The topological polar surface area (TPSA) is 44.8 Å². The fraction of sp³-hybridized carbons (Fsp3) is 0.500. The number of methoxy groups -OCH3 is 1. The van der Waals surface area contributed by atoms with Crippen LogP contribution >= 0.6 is 11.6 Å². The van der Waals surface area contributed by atoms with Gasteiger partial charge in [-0.25, -0.2) is 4.79 Å². The van der Waals surface area contributed by atoms with E-state index in [4.69, 9.17) is 25.8 Å². The van der Waals surface area contributed by atoms with Crippen LogP contribution in [0.3, 0.4) is 0 Å². The summed E-state index contributed by atoms with van der Waals surface area (Å²) in [6, 6.07) is 3.33. The lowest BCUT2D eigenvalue weighted by Gasteiger charge is -2.24. The zero-order chi connectivity index (χ0) is 13.8. The van der Waals surface area contributed by atoms with Gasteiger partial charge >= 0.3 is 5.97 Å². The second kappa shape index (κ2) is 6.26. The van der Waals surface area contributed by atoms with E-state index in [-0.39, 0.29) is 6.10 Å². The van der Waals surface area contributed by atoms with Crippen LogP contribution in [0.4, 0.5) is 0 Å². The number of carbonyl (C=O) groups is 1. The van der Waals surface area contributed by atoms with Gasteiger partial charge in [-0.3, -0.25) is 0 Å². The van der Waals surface area contributed by atoms with Gasteiger partial charge < -0.3 is 14.2 Å². The minimum Gasteiger partial charge on any atom is -0.490 e. The summed E-state index contributed by atoms with van der Waals surface area (Å²) in [6.45, 7) is 3.24. The average molecular weight is 285 g/mol. The van der Waals surface area contributed by atoms with Gasteiger partial charge in [-0.05, 0) is 19.1 Å². The molecule has 0 aliphatic carbocycles. The van der Waals surface area contributed by atoms with Crippen LogP contribution in [-0.2, 0) is 9.47 Å². The summed E-state index contributed by atoms with van der Waals surface area (Å²) < 4.78 is 16.0. The third-order valence-electron chi connectivity index (χ3n) is 3.19. The number of rotatable bonds is 3. The van der Waals surface area contributed by atoms with Crippen molar-refractivity contribution in [1.29, 1.82) is 0 Å². The van der Waals surface area contributed by atoms with Crippen molar-refractivity contribution in [2.45, 2.75) is 25.9 Å². The summed E-state index contributed by atoms with van der Waals surface area (Å²) >= 11 is 6.03. The monoisotopic (exact) mass is 284 g/mol. The summed E-state index contributed by atoms with van der Waals surface area (Å²) in [4.78, 5) is 11.7. The predicted molar refractivity (Wildman–Crippen MR) is 72.0 cm³/mol. The number of esters is 1. The molecule has 1 aliphatic heterocycles. The standard InChI is InChI=1S/C14H17ClO4/c1-9-12(14(16)17-2)7-10(15)8-13(9)19-11-3-5-18-6-4-11/h7-8,11H,3-6H2,1-2H3. The molecule has 1 fully saturated rings. The van der Waals surface area contributed by atoms with Crippen LogP contribution in [0.5, 0.6) is 5.75 Å². The van der Waals surface area contributed by atoms with Crippen LogP contribution in [0.1, 0.15) is 28.8 Å². The van der Waals surface area contributed by atoms with Crippen LogP contribution in [0.15, 0.2) is 12.1 Å². The van der Waals surface area contributed by atoms with Crippen LogP contribution in [0, 0.1) is 6.92 Å². The molecule has 5 heteroatoms. The smallest absolute Gasteiger partial charge is 0.338 e. The fourth-order valence-corrected chi connectivity index (χ4v) is 2.28. The molecule has 0 spiro atoms. The third kappa shape index (κ3) is 3.39. The minimum atomic E-state index is -0.406. The normalized spacial score (nSPS) is 16.2. The Morgan fingerprint density at radius 2 is 2.05 bits per heavy atom. The maximum Gasteiger partial charge on any atom is 0.338 e. The van der Waals surface area contributed by atoms with Crippen molar-refractivity contribution in [1.82, 2.24) is 0 Å². The van der Waals surface area contributed by atoms with Crippen molar-refractivity contribution in [2.75, 3.05) is 20.3 Å². The van der Waals surface area contributed by atoms with Crippen molar-refractivity contribution in [3.05, 3.63) is 28.3 Å². The van der Waals surface area contributed by atoms with E-state index in [1.54, 1.807) is 12.1 Å². The number of hydrogen-bond acceptors (Lipinski definition) is 4. The third-order valence-corrected chi connectivity index (χ3v) is 3.41. The van der Waals surface area contributed by atoms with Crippen molar-refractivity contribution >= 4 is 17.6 Å².